The Morgan fingerprint density at radius 3 is 2.62 bits per heavy atom. The molecule has 0 aliphatic carbocycles. The molecule has 0 radical (unpaired) electrons. The minimum atomic E-state index is -0.368. The van der Waals surface area contributed by atoms with E-state index in [4.69, 9.17) is 26.4 Å². The molecule has 4 rings (SSSR count). The highest BCUT2D eigenvalue weighted by atomic mass is 16.5. The van der Waals surface area contributed by atoms with Gasteiger partial charge in [0.25, 0.3) is 5.56 Å². The van der Waals surface area contributed by atoms with E-state index >= 15 is 0 Å². The molecule has 0 spiro atoms. The fourth-order valence-corrected chi connectivity index (χ4v) is 2.65. The van der Waals surface area contributed by atoms with Gasteiger partial charge in [-0.15, -0.1) is 0 Å². The molecule has 0 bridgehead atoms. The van der Waals surface area contributed by atoms with Crippen LogP contribution in [0.4, 0.5) is 11.6 Å². The number of hydrogen-bond acceptors (Lipinski definition) is 8. The smallest absolute Gasteiger partial charge is 0.280 e. The lowest BCUT2D eigenvalue weighted by Gasteiger charge is -2.13. The monoisotopic (exact) mass is 360 g/mol. The Morgan fingerprint density at radius 1 is 1.27 bits per heavy atom. The van der Waals surface area contributed by atoms with Gasteiger partial charge < -0.3 is 26.4 Å². The van der Waals surface area contributed by atoms with Crippen molar-refractivity contribution >= 4 is 22.8 Å². The largest absolute Gasteiger partial charge is 0.508 e. The van der Waals surface area contributed by atoms with Crippen LogP contribution < -0.4 is 17.0 Å². The second-order valence-corrected chi connectivity index (χ2v) is 5.84. The number of phenolic OH excluding ortho intramolecular Hbond substituents is 1. The number of aliphatic hydroxyl groups is 1. The highest BCUT2D eigenvalue weighted by molar-refractivity contribution is 5.70. The van der Waals surface area contributed by atoms with Gasteiger partial charge in [-0.25, -0.2) is 4.98 Å². The van der Waals surface area contributed by atoms with Crippen molar-refractivity contribution in [1.82, 2.24) is 19.5 Å². The van der Waals surface area contributed by atoms with Crippen LogP contribution in [0.15, 0.2) is 35.4 Å². The van der Waals surface area contributed by atoms with Crippen LogP contribution in [0.2, 0.25) is 0 Å². The number of rotatable bonds is 2. The standard InChI is InChI=1S/C10H13N5O3.C6H7NO/c11-10-13-8-7(9(17)14-10)12-4-15(8)6-2-1-5(3-16)18-6;7-5-1-3-6(8)4-2-5/h4-6,16H,1-3H2,(H3,11,13,14,17);1-4,8H,7H2/t5-,6+;/m0./s1. The lowest BCUT2D eigenvalue weighted by Crippen LogP contribution is -2.16. The van der Waals surface area contributed by atoms with Gasteiger partial charge >= 0.3 is 0 Å². The number of imidazole rings is 1. The van der Waals surface area contributed by atoms with Crippen LogP contribution in [-0.4, -0.2) is 42.4 Å². The molecule has 2 atom stereocenters. The van der Waals surface area contributed by atoms with E-state index in [0.29, 0.717) is 11.3 Å². The fraction of sp³-hybridized carbons (Fsp3) is 0.312. The number of aromatic amines is 1. The topological polar surface area (TPSA) is 165 Å². The number of nitrogens with two attached hydrogens (primary N) is 2. The molecular formula is C16H20N6O4. The van der Waals surface area contributed by atoms with Crippen molar-refractivity contribution in [3.63, 3.8) is 0 Å². The van der Waals surface area contributed by atoms with E-state index in [1.165, 1.54) is 6.33 Å². The number of ether oxygens (including phenoxy) is 1. The lowest BCUT2D eigenvalue weighted by atomic mass is 10.2. The van der Waals surface area contributed by atoms with E-state index in [9.17, 15) is 4.79 Å². The Bertz CT molecular complexity index is 915. The molecule has 138 valence electrons. The molecule has 0 saturated carbocycles. The van der Waals surface area contributed by atoms with Crippen LogP contribution in [-0.2, 0) is 4.74 Å². The molecule has 1 saturated heterocycles. The molecule has 3 aromatic rings. The van der Waals surface area contributed by atoms with E-state index in [0.717, 1.165) is 12.8 Å². The van der Waals surface area contributed by atoms with Gasteiger partial charge in [0, 0.05) is 5.69 Å². The van der Waals surface area contributed by atoms with E-state index in [-0.39, 0.29) is 41.7 Å². The molecule has 10 nitrogen and oxygen atoms in total. The van der Waals surface area contributed by atoms with Crippen molar-refractivity contribution < 1.29 is 14.9 Å². The molecule has 3 heterocycles. The summed E-state index contributed by atoms with van der Waals surface area (Å²) in [4.78, 5) is 22.1. The molecule has 1 aliphatic heterocycles. The minimum Gasteiger partial charge on any atom is -0.508 e. The predicted molar refractivity (Wildman–Crippen MR) is 95.3 cm³/mol. The quantitative estimate of drug-likeness (QED) is 0.322. The molecule has 1 fully saturated rings. The lowest BCUT2D eigenvalue weighted by molar-refractivity contribution is -0.0207. The normalized spacial score (nSPS) is 19.3. The van der Waals surface area contributed by atoms with Gasteiger partial charge in [0.1, 0.15) is 12.0 Å². The summed E-state index contributed by atoms with van der Waals surface area (Å²) in [5, 5.41) is 17.7. The first-order valence-electron chi connectivity index (χ1n) is 8.01. The Morgan fingerprint density at radius 2 is 2.00 bits per heavy atom. The van der Waals surface area contributed by atoms with Crippen LogP contribution in [0.3, 0.4) is 0 Å². The van der Waals surface area contributed by atoms with Crippen molar-refractivity contribution in [2.75, 3.05) is 18.1 Å². The van der Waals surface area contributed by atoms with E-state index < -0.39 is 0 Å². The molecule has 0 amide bonds. The number of phenols is 1. The Labute approximate surface area is 148 Å². The summed E-state index contributed by atoms with van der Waals surface area (Å²) in [6.07, 6.45) is 2.58. The van der Waals surface area contributed by atoms with Gasteiger partial charge in [0.15, 0.2) is 11.2 Å². The maximum absolute atomic E-state index is 11.6. The van der Waals surface area contributed by atoms with E-state index in [2.05, 4.69) is 15.0 Å². The van der Waals surface area contributed by atoms with Crippen LogP contribution in [0, 0.1) is 0 Å². The van der Waals surface area contributed by atoms with Crippen molar-refractivity contribution in [1.29, 1.82) is 0 Å². The zero-order valence-corrected chi connectivity index (χ0v) is 13.9. The zero-order valence-electron chi connectivity index (χ0n) is 13.9. The summed E-state index contributed by atoms with van der Waals surface area (Å²) in [7, 11) is 0. The first kappa shape index (κ1) is 17.7. The van der Waals surface area contributed by atoms with Gasteiger partial charge in [0.05, 0.1) is 19.0 Å². The summed E-state index contributed by atoms with van der Waals surface area (Å²) in [5.74, 6) is 0.296. The van der Waals surface area contributed by atoms with Gasteiger partial charge in [-0.3, -0.25) is 14.3 Å². The fourth-order valence-electron chi connectivity index (χ4n) is 2.65. The van der Waals surface area contributed by atoms with Crippen molar-refractivity contribution in [3.05, 3.63) is 40.9 Å². The van der Waals surface area contributed by atoms with Gasteiger partial charge in [0.2, 0.25) is 5.95 Å². The second-order valence-electron chi connectivity index (χ2n) is 5.84. The average molecular weight is 360 g/mol. The third-order valence-corrected chi connectivity index (χ3v) is 3.94. The molecule has 2 aromatic heterocycles. The number of nitrogen functional groups attached to an aromatic ring is 2. The van der Waals surface area contributed by atoms with Gasteiger partial charge in [-0.05, 0) is 37.1 Å². The molecule has 0 unspecified atom stereocenters. The number of nitrogens with zero attached hydrogens (tertiary/aromatic N) is 3. The summed E-state index contributed by atoms with van der Waals surface area (Å²) in [5.41, 5.74) is 11.8. The van der Waals surface area contributed by atoms with Crippen LogP contribution in [0.25, 0.3) is 11.2 Å². The first-order chi connectivity index (χ1) is 12.5. The third-order valence-electron chi connectivity index (χ3n) is 3.94. The van der Waals surface area contributed by atoms with Crippen LogP contribution >= 0.6 is 0 Å². The predicted octanol–water partition coefficient (Wildman–Crippen LogP) is 0.346. The number of fused-ring (bicyclic) bond motifs is 1. The van der Waals surface area contributed by atoms with E-state index in [1.54, 1.807) is 28.8 Å². The zero-order chi connectivity index (χ0) is 18.7. The van der Waals surface area contributed by atoms with Crippen LogP contribution in [0.1, 0.15) is 19.1 Å². The average Bonchev–Trinajstić information content (AvgIpc) is 3.24. The Hall–Kier alpha value is -3.11. The number of anilines is 2. The molecule has 7 N–H and O–H groups in total. The summed E-state index contributed by atoms with van der Waals surface area (Å²) < 4.78 is 7.30. The molecule has 1 aromatic carbocycles. The number of nitrogens with one attached hydrogen (secondary N) is 1. The van der Waals surface area contributed by atoms with Crippen molar-refractivity contribution in [2.45, 2.75) is 25.2 Å². The number of hydrogen-bond donors (Lipinski definition) is 5. The molecule has 26 heavy (non-hydrogen) atoms. The maximum atomic E-state index is 11.6. The second kappa shape index (κ2) is 7.42. The Balaban J connectivity index is 0.000000206. The number of aromatic nitrogens is 4. The SMILES string of the molecule is Nc1ccc(O)cc1.Nc1nc2c(ncn2[C@H]2CC[C@@H](CO)O2)c(=O)[nH]1. The number of aromatic hydroxyl groups is 1. The number of benzene rings is 1. The maximum Gasteiger partial charge on any atom is 0.280 e. The van der Waals surface area contributed by atoms with Crippen molar-refractivity contribution in [2.24, 2.45) is 0 Å². The molecular weight excluding hydrogens is 340 g/mol. The molecule has 1 aliphatic rings. The summed E-state index contributed by atoms with van der Waals surface area (Å²) >= 11 is 0. The van der Waals surface area contributed by atoms with Crippen LogP contribution in [0.5, 0.6) is 5.75 Å². The third kappa shape index (κ3) is 3.76. The molecule has 10 heteroatoms. The Kier molecular flexibility index (Phi) is 5.05. The summed E-state index contributed by atoms with van der Waals surface area (Å²) in [6.45, 7) is -0.0146. The van der Waals surface area contributed by atoms with Gasteiger partial charge in [-0.2, -0.15) is 4.98 Å². The minimum absolute atomic E-state index is 0.0146. The first-order valence-corrected chi connectivity index (χ1v) is 8.01. The van der Waals surface area contributed by atoms with E-state index in [1.807, 2.05) is 0 Å². The summed E-state index contributed by atoms with van der Waals surface area (Å²) in [6, 6.07) is 6.40. The number of aliphatic hydroxyl groups excluding tert-OH is 1. The number of H-pyrrole nitrogens is 1. The highest BCUT2D eigenvalue weighted by Gasteiger charge is 2.27. The van der Waals surface area contributed by atoms with Gasteiger partial charge in [-0.1, -0.05) is 0 Å². The highest BCUT2D eigenvalue weighted by Crippen LogP contribution is 2.29. The van der Waals surface area contributed by atoms with Crippen molar-refractivity contribution in [3.8, 4) is 5.75 Å².